The lowest BCUT2D eigenvalue weighted by molar-refractivity contribution is 0.415. The van der Waals surface area contributed by atoms with Gasteiger partial charge >= 0.3 is 0 Å². The monoisotopic (exact) mass is 480 g/mol. The Kier molecular flexibility index (Phi) is 5.23. The average Bonchev–Trinajstić information content (AvgIpc) is 3.50. The molecule has 0 bridgehead atoms. The molecule has 2 aromatic heterocycles. The van der Waals surface area contributed by atoms with E-state index in [9.17, 15) is 4.79 Å². The summed E-state index contributed by atoms with van der Waals surface area (Å²) >= 11 is 6.12. The van der Waals surface area contributed by atoms with Gasteiger partial charge in [0.1, 0.15) is 11.6 Å². The van der Waals surface area contributed by atoms with Crippen LogP contribution in [0.25, 0.3) is 39.5 Å². The summed E-state index contributed by atoms with van der Waals surface area (Å²) in [5.41, 5.74) is 5.33. The molecular weight excluding hydrogens is 460 g/mol. The van der Waals surface area contributed by atoms with Gasteiger partial charge in [-0.1, -0.05) is 29.8 Å². The summed E-state index contributed by atoms with van der Waals surface area (Å²) in [5.74, 6) is 1.48. The van der Waals surface area contributed by atoms with E-state index in [1.165, 1.54) is 0 Å². The molecular formula is C28H21ClN4O2. The van der Waals surface area contributed by atoms with Crippen molar-refractivity contribution in [1.82, 2.24) is 19.3 Å². The molecule has 5 aromatic rings. The second-order valence-corrected chi connectivity index (χ2v) is 8.85. The number of hydrogen-bond donors (Lipinski definition) is 0. The van der Waals surface area contributed by atoms with Crippen LogP contribution in [0.4, 0.5) is 0 Å². The number of methoxy groups -OCH3 is 1. The molecule has 35 heavy (non-hydrogen) atoms. The zero-order valence-electron chi connectivity index (χ0n) is 19.0. The van der Waals surface area contributed by atoms with Gasteiger partial charge in [-0.3, -0.25) is 9.36 Å². The molecule has 1 aliphatic heterocycles. The third kappa shape index (κ3) is 3.82. The molecule has 3 aromatic carbocycles. The van der Waals surface area contributed by atoms with Crippen LogP contribution in [0, 0.1) is 0 Å². The number of ether oxygens (including phenoxy) is 1. The number of hydrogen-bond acceptors (Lipinski definition) is 4. The predicted octanol–water partition coefficient (Wildman–Crippen LogP) is 5.86. The fourth-order valence-electron chi connectivity index (χ4n) is 4.49. The van der Waals surface area contributed by atoms with E-state index in [2.05, 4.69) is 6.08 Å². The topological polar surface area (TPSA) is 61.9 Å². The maximum Gasteiger partial charge on any atom is 0.261 e. The van der Waals surface area contributed by atoms with E-state index in [4.69, 9.17) is 26.4 Å². The summed E-state index contributed by atoms with van der Waals surface area (Å²) in [6.45, 7) is 0.583. The Morgan fingerprint density at radius 3 is 2.60 bits per heavy atom. The molecule has 0 N–H and O–H groups in total. The van der Waals surface area contributed by atoms with E-state index in [1.54, 1.807) is 29.9 Å². The van der Waals surface area contributed by atoms with E-state index in [0.717, 1.165) is 33.8 Å². The number of allylic oxidation sites excluding steroid dienone is 1. The summed E-state index contributed by atoms with van der Waals surface area (Å²) in [6.07, 6.45) is 4.83. The van der Waals surface area contributed by atoms with Gasteiger partial charge in [-0.2, -0.15) is 5.10 Å². The van der Waals surface area contributed by atoms with Crippen LogP contribution < -0.4 is 10.3 Å². The third-order valence-corrected chi connectivity index (χ3v) is 6.50. The molecule has 0 atom stereocenters. The molecule has 0 spiro atoms. The summed E-state index contributed by atoms with van der Waals surface area (Å²) in [6, 6.07) is 23.1. The smallest absolute Gasteiger partial charge is 0.261 e. The molecule has 6 nitrogen and oxygen atoms in total. The van der Waals surface area contributed by atoms with E-state index in [0.29, 0.717) is 34.7 Å². The van der Waals surface area contributed by atoms with Gasteiger partial charge in [0.25, 0.3) is 5.56 Å². The van der Waals surface area contributed by atoms with Gasteiger partial charge in [0.05, 0.1) is 29.4 Å². The SMILES string of the molecule is COc1ccc(-c2nn(-c3ccccc3)cc2C=C2CCn3c2nc2ccc(Cl)cc2c3=O)cc1. The van der Waals surface area contributed by atoms with E-state index >= 15 is 0 Å². The van der Waals surface area contributed by atoms with Crippen LogP contribution in [0.15, 0.2) is 83.8 Å². The van der Waals surface area contributed by atoms with Gasteiger partial charge in [-0.15, -0.1) is 0 Å². The van der Waals surface area contributed by atoms with Crippen molar-refractivity contribution < 1.29 is 4.74 Å². The fraction of sp³-hybridized carbons (Fsp3) is 0.107. The molecule has 7 heteroatoms. The van der Waals surface area contributed by atoms with Crippen molar-refractivity contribution >= 4 is 34.2 Å². The highest BCUT2D eigenvalue weighted by atomic mass is 35.5. The Hall–Kier alpha value is -4.16. The molecule has 1 aliphatic rings. The first kappa shape index (κ1) is 21.4. The zero-order chi connectivity index (χ0) is 23.9. The fourth-order valence-corrected chi connectivity index (χ4v) is 4.67. The molecule has 0 fully saturated rings. The minimum atomic E-state index is -0.0636. The summed E-state index contributed by atoms with van der Waals surface area (Å²) in [5, 5.41) is 5.98. The Morgan fingerprint density at radius 2 is 1.83 bits per heavy atom. The van der Waals surface area contributed by atoms with Gasteiger partial charge in [-0.05, 0) is 72.7 Å². The molecule has 0 amide bonds. The molecule has 0 aliphatic carbocycles. The number of benzene rings is 3. The highest BCUT2D eigenvalue weighted by Gasteiger charge is 2.22. The number of aromatic nitrogens is 4. The summed E-state index contributed by atoms with van der Waals surface area (Å²) in [4.78, 5) is 17.9. The Bertz CT molecular complexity index is 1650. The molecule has 172 valence electrons. The predicted molar refractivity (Wildman–Crippen MR) is 139 cm³/mol. The summed E-state index contributed by atoms with van der Waals surface area (Å²) < 4.78 is 8.94. The van der Waals surface area contributed by atoms with Gasteiger partial charge in [0.2, 0.25) is 0 Å². The standard InChI is InChI=1S/C28H21ClN4O2/c1-35-23-10-7-18(8-11-23)26-20(17-33(31-26)22-5-3-2-4-6-22)15-19-13-14-32-27(19)30-25-12-9-21(29)16-24(25)28(32)34/h2-12,15-17H,13-14H2,1H3. The van der Waals surface area contributed by atoms with E-state index < -0.39 is 0 Å². The second kappa shape index (κ2) is 8.56. The number of fused-ring (bicyclic) bond motifs is 2. The molecule has 0 saturated heterocycles. The van der Waals surface area contributed by atoms with Crippen LogP contribution in [0.2, 0.25) is 5.02 Å². The Balaban J connectivity index is 1.51. The van der Waals surface area contributed by atoms with Gasteiger partial charge < -0.3 is 4.74 Å². The molecule has 0 unspecified atom stereocenters. The van der Waals surface area contributed by atoms with Crippen molar-refractivity contribution in [3.8, 4) is 22.7 Å². The van der Waals surface area contributed by atoms with Crippen LogP contribution in [-0.2, 0) is 6.54 Å². The third-order valence-electron chi connectivity index (χ3n) is 6.26. The number of halogens is 1. The second-order valence-electron chi connectivity index (χ2n) is 8.41. The minimum Gasteiger partial charge on any atom is -0.497 e. The lowest BCUT2D eigenvalue weighted by Gasteiger charge is -2.06. The number of rotatable bonds is 4. The van der Waals surface area contributed by atoms with Crippen LogP contribution in [0.5, 0.6) is 5.75 Å². The first-order valence-electron chi connectivity index (χ1n) is 11.3. The maximum absolute atomic E-state index is 13.1. The van der Waals surface area contributed by atoms with Gasteiger partial charge in [0.15, 0.2) is 0 Å². The molecule has 0 saturated carbocycles. The minimum absolute atomic E-state index is 0.0636. The first-order chi connectivity index (χ1) is 17.1. The zero-order valence-corrected chi connectivity index (χ0v) is 19.7. The maximum atomic E-state index is 13.1. The van der Waals surface area contributed by atoms with Gasteiger partial charge in [0, 0.05) is 28.9 Å². The van der Waals surface area contributed by atoms with Gasteiger partial charge in [-0.25, -0.2) is 9.67 Å². The van der Waals surface area contributed by atoms with Crippen LogP contribution in [0.1, 0.15) is 17.8 Å². The number of nitrogens with zero attached hydrogens (tertiary/aromatic N) is 4. The average molecular weight is 481 g/mol. The van der Waals surface area contributed by atoms with Crippen molar-refractivity contribution in [3.63, 3.8) is 0 Å². The number of para-hydroxylation sites is 1. The molecule has 0 radical (unpaired) electrons. The van der Waals surface area contributed by atoms with Crippen LogP contribution in [-0.4, -0.2) is 26.4 Å². The highest BCUT2D eigenvalue weighted by Crippen LogP contribution is 2.32. The Labute approximate surface area is 206 Å². The molecule has 6 rings (SSSR count). The quantitative estimate of drug-likeness (QED) is 0.323. The van der Waals surface area contributed by atoms with Crippen molar-refractivity contribution in [1.29, 1.82) is 0 Å². The largest absolute Gasteiger partial charge is 0.497 e. The normalized spacial score (nSPS) is 13.9. The van der Waals surface area contributed by atoms with Crippen molar-refractivity contribution in [2.75, 3.05) is 7.11 Å². The first-order valence-corrected chi connectivity index (χ1v) is 11.7. The lowest BCUT2D eigenvalue weighted by Crippen LogP contribution is -2.20. The Morgan fingerprint density at radius 1 is 1.03 bits per heavy atom. The molecule has 3 heterocycles. The summed E-state index contributed by atoms with van der Waals surface area (Å²) in [7, 11) is 1.65. The van der Waals surface area contributed by atoms with Crippen LogP contribution in [0.3, 0.4) is 0 Å². The van der Waals surface area contributed by atoms with Crippen molar-refractivity contribution in [3.05, 3.63) is 106 Å². The van der Waals surface area contributed by atoms with Crippen molar-refractivity contribution in [2.45, 2.75) is 13.0 Å². The van der Waals surface area contributed by atoms with E-state index in [-0.39, 0.29) is 5.56 Å². The van der Waals surface area contributed by atoms with Crippen LogP contribution >= 0.6 is 11.6 Å². The lowest BCUT2D eigenvalue weighted by atomic mass is 10.0. The van der Waals surface area contributed by atoms with E-state index in [1.807, 2.05) is 65.5 Å². The van der Waals surface area contributed by atoms with Crippen molar-refractivity contribution in [2.24, 2.45) is 0 Å². The highest BCUT2D eigenvalue weighted by molar-refractivity contribution is 6.31.